The van der Waals surface area contributed by atoms with Crippen molar-refractivity contribution in [3.8, 4) is 0 Å². The average Bonchev–Trinajstić information content (AvgIpc) is 2.41. The molecule has 0 radical (unpaired) electrons. The molecule has 1 fully saturated rings. The summed E-state index contributed by atoms with van der Waals surface area (Å²) in [6.45, 7) is 1.99. The van der Waals surface area contributed by atoms with E-state index >= 15 is 0 Å². The van der Waals surface area contributed by atoms with Gasteiger partial charge in [-0.25, -0.2) is 13.1 Å². The molecule has 2 rings (SSSR count). The molecule has 1 aliphatic carbocycles. The van der Waals surface area contributed by atoms with E-state index in [1.807, 2.05) is 31.2 Å². The smallest absolute Gasteiger partial charge is 0.233 e. The van der Waals surface area contributed by atoms with Crippen LogP contribution >= 0.6 is 0 Å². The number of benzene rings is 1. The first kappa shape index (κ1) is 15.2. The van der Waals surface area contributed by atoms with Crippen LogP contribution in [0.1, 0.15) is 36.8 Å². The average molecular weight is 295 g/mol. The Kier molecular flexibility index (Phi) is 4.96. The van der Waals surface area contributed by atoms with Crippen molar-refractivity contribution in [2.75, 3.05) is 0 Å². The molecule has 1 aromatic rings. The molecular weight excluding hydrogens is 274 g/mol. The largest absolute Gasteiger partial charge is 0.393 e. The van der Waals surface area contributed by atoms with Crippen LogP contribution in [0.4, 0.5) is 0 Å². The lowest BCUT2D eigenvalue weighted by atomic mass is 9.94. The molecule has 0 saturated heterocycles. The van der Waals surface area contributed by atoms with Crippen LogP contribution in [0.15, 0.2) is 29.7 Å². The zero-order chi connectivity index (χ0) is 14.6. The molecule has 5 heteroatoms. The van der Waals surface area contributed by atoms with Crippen molar-refractivity contribution in [1.29, 1.82) is 0 Å². The van der Waals surface area contributed by atoms with Crippen molar-refractivity contribution in [2.24, 2.45) is 0 Å². The summed E-state index contributed by atoms with van der Waals surface area (Å²) in [7, 11) is -3.42. The number of hydrogen-bond acceptors (Lipinski definition) is 3. The van der Waals surface area contributed by atoms with Gasteiger partial charge in [-0.15, -0.1) is 0 Å². The molecule has 0 unspecified atom stereocenters. The highest BCUT2D eigenvalue weighted by atomic mass is 32.2. The van der Waals surface area contributed by atoms with E-state index in [2.05, 4.69) is 4.72 Å². The molecular formula is C15H21NO3S. The molecule has 4 nitrogen and oxygen atoms in total. The van der Waals surface area contributed by atoms with E-state index in [4.69, 9.17) is 0 Å². The Morgan fingerprint density at radius 1 is 1.15 bits per heavy atom. The predicted octanol–water partition coefficient (Wildman–Crippen LogP) is 2.19. The number of hydrogen-bond donors (Lipinski definition) is 2. The van der Waals surface area contributed by atoms with Crippen LogP contribution in [0.5, 0.6) is 0 Å². The van der Waals surface area contributed by atoms with Gasteiger partial charge in [0.2, 0.25) is 10.0 Å². The van der Waals surface area contributed by atoms with Gasteiger partial charge in [-0.2, -0.15) is 0 Å². The molecule has 1 saturated carbocycles. The summed E-state index contributed by atoms with van der Waals surface area (Å²) >= 11 is 0. The highest BCUT2D eigenvalue weighted by Gasteiger charge is 2.22. The van der Waals surface area contributed by atoms with Gasteiger partial charge in [0.05, 0.1) is 6.10 Å². The minimum absolute atomic E-state index is 0.0638. The number of aliphatic hydroxyl groups excluding tert-OH is 1. The standard InChI is InChI=1S/C15H21NO3S/c1-12-2-4-13(5-3-12)10-11-20(18,19)16-14-6-8-15(17)9-7-14/h2-5,10-11,14-17H,6-9H2,1H3/b11-10+. The second-order valence-electron chi connectivity index (χ2n) is 5.38. The highest BCUT2D eigenvalue weighted by molar-refractivity contribution is 7.92. The van der Waals surface area contributed by atoms with Crippen LogP contribution in [0.25, 0.3) is 6.08 Å². The summed E-state index contributed by atoms with van der Waals surface area (Å²) in [6, 6.07) is 7.60. The van der Waals surface area contributed by atoms with Crippen molar-refractivity contribution < 1.29 is 13.5 Å². The Labute approximate surface area is 120 Å². The third-order valence-electron chi connectivity index (χ3n) is 3.54. The van der Waals surface area contributed by atoms with E-state index in [0.29, 0.717) is 25.7 Å². The summed E-state index contributed by atoms with van der Waals surface area (Å²) < 4.78 is 26.6. The summed E-state index contributed by atoms with van der Waals surface area (Å²) in [5, 5.41) is 10.6. The second-order valence-corrected chi connectivity index (χ2v) is 6.98. The SMILES string of the molecule is Cc1ccc(/C=C/S(=O)(=O)NC2CCC(O)CC2)cc1. The summed E-state index contributed by atoms with van der Waals surface area (Å²) in [4.78, 5) is 0. The highest BCUT2D eigenvalue weighted by Crippen LogP contribution is 2.19. The van der Waals surface area contributed by atoms with Crippen molar-refractivity contribution in [2.45, 2.75) is 44.8 Å². The third-order valence-corrected chi connectivity index (χ3v) is 4.70. The lowest BCUT2D eigenvalue weighted by Crippen LogP contribution is -2.37. The monoisotopic (exact) mass is 295 g/mol. The van der Waals surface area contributed by atoms with Crippen LogP contribution in [0.2, 0.25) is 0 Å². The topological polar surface area (TPSA) is 66.4 Å². The summed E-state index contributed by atoms with van der Waals surface area (Å²) in [5.41, 5.74) is 2.00. The van der Waals surface area contributed by atoms with Gasteiger partial charge in [0.15, 0.2) is 0 Å². The molecule has 0 heterocycles. The van der Waals surface area contributed by atoms with Gasteiger partial charge >= 0.3 is 0 Å². The van der Waals surface area contributed by atoms with Gasteiger partial charge in [-0.3, -0.25) is 0 Å². The first-order chi connectivity index (χ1) is 9.44. The minimum Gasteiger partial charge on any atom is -0.393 e. The predicted molar refractivity (Wildman–Crippen MR) is 80.5 cm³/mol. The van der Waals surface area contributed by atoms with Crippen molar-refractivity contribution >= 4 is 16.1 Å². The van der Waals surface area contributed by atoms with E-state index in [0.717, 1.165) is 11.1 Å². The second kappa shape index (κ2) is 6.52. The summed E-state index contributed by atoms with van der Waals surface area (Å²) in [5.74, 6) is 0. The molecule has 2 N–H and O–H groups in total. The normalized spacial score (nSPS) is 24.1. The molecule has 0 atom stereocenters. The fourth-order valence-electron chi connectivity index (χ4n) is 2.31. The zero-order valence-electron chi connectivity index (χ0n) is 11.6. The Bertz CT molecular complexity index is 555. The number of rotatable bonds is 4. The van der Waals surface area contributed by atoms with Gasteiger partial charge in [0.25, 0.3) is 0 Å². The van der Waals surface area contributed by atoms with Gasteiger partial charge in [-0.1, -0.05) is 29.8 Å². The maximum absolute atomic E-state index is 12.0. The van der Waals surface area contributed by atoms with Crippen LogP contribution in [-0.4, -0.2) is 25.7 Å². The molecule has 0 bridgehead atoms. The van der Waals surface area contributed by atoms with E-state index in [-0.39, 0.29) is 12.1 Å². The molecule has 20 heavy (non-hydrogen) atoms. The Hall–Kier alpha value is -1.17. The Morgan fingerprint density at radius 3 is 2.35 bits per heavy atom. The number of nitrogens with one attached hydrogen (secondary N) is 1. The van der Waals surface area contributed by atoms with Gasteiger partial charge in [-0.05, 0) is 44.2 Å². The lowest BCUT2D eigenvalue weighted by molar-refractivity contribution is 0.121. The van der Waals surface area contributed by atoms with Crippen LogP contribution in [0, 0.1) is 6.92 Å². The van der Waals surface area contributed by atoms with E-state index < -0.39 is 10.0 Å². The van der Waals surface area contributed by atoms with Crippen molar-refractivity contribution in [1.82, 2.24) is 4.72 Å². The van der Waals surface area contributed by atoms with E-state index in [1.165, 1.54) is 5.41 Å². The van der Waals surface area contributed by atoms with Crippen LogP contribution < -0.4 is 4.72 Å². The maximum atomic E-state index is 12.0. The van der Waals surface area contributed by atoms with Crippen molar-refractivity contribution in [3.05, 3.63) is 40.8 Å². The number of aliphatic hydroxyl groups is 1. The van der Waals surface area contributed by atoms with Crippen LogP contribution in [0.3, 0.4) is 0 Å². The quantitative estimate of drug-likeness (QED) is 0.895. The molecule has 110 valence electrons. The molecule has 1 aliphatic rings. The van der Waals surface area contributed by atoms with Gasteiger partial charge < -0.3 is 5.11 Å². The molecule has 0 spiro atoms. The summed E-state index contributed by atoms with van der Waals surface area (Å²) in [6.07, 6.45) is 4.03. The molecule has 0 amide bonds. The fourth-order valence-corrected chi connectivity index (χ4v) is 3.43. The fraction of sp³-hybridized carbons (Fsp3) is 0.467. The molecule has 1 aromatic carbocycles. The Balaban J connectivity index is 1.95. The number of sulfonamides is 1. The van der Waals surface area contributed by atoms with Gasteiger partial charge in [0.1, 0.15) is 0 Å². The van der Waals surface area contributed by atoms with E-state index in [1.54, 1.807) is 6.08 Å². The minimum atomic E-state index is -3.42. The molecule has 0 aliphatic heterocycles. The number of aryl methyl sites for hydroxylation is 1. The van der Waals surface area contributed by atoms with Crippen LogP contribution in [-0.2, 0) is 10.0 Å². The third kappa shape index (κ3) is 4.74. The van der Waals surface area contributed by atoms with Crippen molar-refractivity contribution in [3.63, 3.8) is 0 Å². The first-order valence-corrected chi connectivity index (χ1v) is 8.44. The lowest BCUT2D eigenvalue weighted by Gasteiger charge is -2.25. The maximum Gasteiger partial charge on any atom is 0.233 e. The Morgan fingerprint density at radius 2 is 1.75 bits per heavy atom. The van der Waals surface area contributed by atoms with E-state index in [9.17, 15) is 13.5 Å². The first-order valence-electron chi connectivity index (χ1n) is 6.90. The zero-order valence-corrected chi connectivity index (χ0v) is 12.4. The molecule has 0 aromatic heterocycles. The van der Waals surface area contributed by atoms with Gasteiger partial charge in [0, 0.05) is 11.4 Å².